The van der Waals surface area contributed by atoms with Gasteiger partial charge < -0.3 is 10.2 Å². The predicted molar refractivity (Wildman–Crippen MR) is 73.8 cm³/mol. The van der Waals surface area contributed by atoms with Crippen LogP contribution >= 0.6 is 0 Å². The number of halogens is 6. The zero-order valence-corrected chi connectivity index (χ0v) is 12.2. The zero-order valence-electron chi connectivity index (χ0n) is 12.2. The molecule has 0 radical (unpaired) electrons. The van der Waals surface area contributed by atoms with Crippen LogP contribution in [0.5, 0.6) is 11.5 Å². The Labute approximate surface area is 133 Å². The van der Waals surface area contributed by atoms with Gasteiger partial charge in [0.15, 0.2) is 0 Å². The highest BCUT2D eigenvalue weighted by Crippen LogP contribution is 2.57. The van der Waals surface area contributed by atoms with Crippen LogP contribution in [0.2, 0.25) is 0 Å². The lowest BCUT2D eigenvalue weighted by atomic mass is 9.71. The third-order valence-corrected chi connectivity index (χ3v) is 3.76. The van der Waals surface area contributed by atoms with Crippen LogP contribution < -0.4 is 0 Å². The molecular formula is C16H12F6O2. The number of aromatic hydroxyl groups is 2. The van der Waals surface area contributed by atoms with Gasteiger partial charge in [-0.3, -0.25) is 0 Å². The summed E-state index contributed by atoms with van der Waals surface area (Å²) in [5, 5.41) is 18.5. The van der Waals surface area contributed by atoms with Crippen LogP contribution in [-0.2, 0) is 5.41 Å². The number of phenols is 2. The molecule has 0 saturated heterocycles. The molecule has 24 heavy (non-hydrogen) atoms. The molecule has 2 N–H and O–H groups in total. The Morgan fingerprint density at radius 2 is 1.17 bits per heavy atom. The van der Waals surface area contributed by atoms with E-state index >= 15 is 0 Å². The molecule has 0 fully saturated rings. The fourth-order valence-electron chi connectivity index (χ4n) is 2.73. The summed E-state index contributed by atoms with van der Waals surface area (Å²) in [4.78, 5) is 0. The first kappa shape index (κ1) is 18.0. The first-order chi connectivity index (χ1) is 10.9. The molecule has 0 saturated carbocycles. The van der Waals surface area contributed by atoms with Crippen LogP contribution in [0.4, 0.5) is 26.3 Å². The number of hydrogen-bond acceptors (Lipinski definition) is 2. The SMILES string of the molecule is Cc1cc(O)ccc1C(c1ccc(O)cc1)(C(F)(F)F)C(F)(F)F. The first-order valence-electron chi connectivity index (χ1n) is 6.64. The fraction of sp³-hybridized carbons (Fsp3) is 0.250. The highest BCUT2D eigenvalue weighted by Gasteiger charge is 2.72. The molecule has 0 aliphatic heterocycles. The summed E-state index contributed by atoms with van der Waals surface area (Å²) in [5.74, 6) is -0.903. The van der Waals surface area contributed by atoms with Crippen LogP contribution in [0.15, 0.2) is 42.5 Å². The second-order valence-electron chi connectivity index (χ2n) is 5.29. The highest BCUT2D eigenvalue weighted by atomic mass is 19.4. The lowest BCUT2D eigenvalue weighted by Crippen LogP contribution is -2.55. The van der Waals surface area contributed by atoms with E-state index < -0.39 is 40.4 Å². The van der Waals surface area contributed by atoms with Crippen molar-refractivity contribution in [2.24, 2.45) is 0 Å². The van der Waals surface area contributed by atoms with Gasteiger partial charge in [-0.2, -0.15) is 26.3 Å². The van der Waals surface area contributed by atoms with Crippen molar-refractivity contribution in [1.29, 1.82) is 0 Å². The molecule has 2 aromatic carbocycles. The molecule has 0 amide bonds. The molecule has 0 aromatic heterocycles. The number of phenolic OH excluding ortho intramolecular Hbond substituents is 2. The molecule has 0 aliphatic carbocycles. The van der Waals surface area contributed by atoms with E-state index in [-0.39, 0.29) is 5.56 Å². The molecule has 2 aromatic rings. The number of aryl methyl sites for hydroxylation is 1. The van der Waals surface area contributed by atoms with E-state index in [1.807, 2.05) is 0 Å². The summed E-state index contributed by atoms with van der Waals surface area (Å²) in [6, 6.07) is 4.91. The van der Waals surface area contributed by atoms with Crippen LogP contribution in [-0.4, -0.2) is 22.6 Å². The minimum atomic E-state index is -5.70. The summed E-state index contributed by atoms with van der Waals surface area (Å²) in [5.41, 5.74) is -6.76. The molecule has 2 nitrogen and oxygen atoms in total. The molecule has 0 heterocycles. The molecule has 0 unspecified atom stereocenters. The molecule has 0 bridgehead atoms. The Morgan fingerprint density at radius 1 is 0.708 bits per heavy atom. The molecular weight excluding hydrogens is 338 g/mol. The predicted octanol–water partition coefficient (Wildman–Crippen LogP) is 4.82. The summed E-state index contributed by atoms with van der Waals surface area (Å²) < 4.78 is 82.7. The van der Waals surface area contributed by atoms with E-state index in [2.05, 4.69) is 0 Å². The third-order valence-electron chi connectivity index (χ3n) is 3.76. The van der Waals surface area contributed by atoms with Crippen molar-refractivity contribution in [2.45, 2.75) is 24.7 Å². The minimum absolute atomic E-state index is 0.363. The second-order valence-corrected chi connectivity index (χ2v) is 5.29. The second kappa shape index (κ2) is 5.61. The highest BCUT2D eigenvalue weighted by molar-refractivity contribution is 5.50. The third kappa shape index (κ3) is 2.65. The van der Waals surface area contributed by atoms with Gasteiger partial charge in [-0.05, 0) is 47.9 Å². The summed E-state index contributed by atoms with van der Waals surface area (Å²) in [7, 11) is 0. The van der Waals surface area contributed by atoms with Gasteiger partial charge in [-0.25, -0.2) is 0 Å². The minimum Gasteiger partial charge on any atom is -0.508 e. The van der Waals surface area contributed by atoms with Crippen molar-refractivity contribution < 1.29 is 36.6 Å². The average Bonchev–Trinajstić information content (AvgIpc) is 2.40. The van der Waals surface area contributed by atoms with Gasteiger partial charge in [-0.15, -0.1) is 0 Å². The number of hydrogen-bond donors (Lipinski definition) is 2. The Kier molecular flexibility index (Phi) is 4.20. The Morgan fingerprint density at radius 3 is 1.58 bits per heavy atom. The summed E-state index contributed by atoms with van der Waals surface area (Å²) in [6.07, 6.45) is -11.4. The van der Waals surface area contributed by atoms with E-state index in [9.17, 15) is 36.6 Å². The lowest BCUT2D eigenvalue weighted by Gasteiger charge is -2.39. The van der Waals surface area contributed by atoms with Gasteiger partial charge in [0.05, 0.1) is 0 Å². The van der Waals surface area contributed by atoms with Gasteiger partial charge in [0.1, 0.15) is 11.5 Å². The van der Waals surface area contributed by atoms with Gasteiger partial charge in [0.2, 0.25) is 5.41 Å². The lowest BCUT2D eigenvalue weighted by molar-refractivity contribution is -0.288. The topological polar surface area (TPSA) is 40.5 Å². The molecule has 8 heteroatoms. The smallest absolute Gasteiger partial charge is 0.411 e. The number of benzene rings is 2. The van der Waals surface area contributed by atoms with Crippen LogP contribution in [0.25, 0.3) is 0 Å². The van der Waals surface area contributed by atoms with Gasteiger partial charge >= 0.3 is 12.4 Å². The average molecular weight is 350 g/mol. The van der Waals surface area contributed by atoms with Gasteiger partial charge in [-0.1, -0.05) is 18.2 Å². The largest absolute Gasteiger partial charge is 0.508 e. The number of rotatable bonds is 2. The van der Waals surface area contributed by atoms with Crippen molar-refractivity contribution >= 4 is 0 Å². The maximum Gasteiger partial charge on any atom is 0.411 e. The maximum absolute atomic E-state index is 13.8. The van der Waals surface area contributed by atoms with Crippen molar-refractivity contribution in [3.05, 3.63) is 59.2 Å². The standard InChI is InChI=1S/C16H12F6O2/c1-9-8-12(24)6-7-13(9)14(15(17,18)19,16(20,21)22)10-2-4-11(23)5-3-10/h2-8,23-24H,1H3. The quantitative estimate of drug-likeness (QED) is 0.763. The molecule has 2 rings (SSSR count). The maximum atomic E-state index is 13.8. The van der Waals surface area contributed by atoms with E-state index in [0.717, 1.165) is 31.2 Å². The van der Waals surface area contributed by atoms with E-state index in [1.165, 1.54) is 0 Å². The Bertz CT molecular complexity index is 718. The van der Waals surface area contributed by atoms with Crippen molar-refractivity contribution in [1.82, 2.24) is 0 Å². The van der Waals surface area contributed by atoms with Gasteiger partial charge in [0.25, 0.3) is 0 Å². The van der Waals surface area contributed by atoms with Crippen LogP contribution in [0.3, 0.4) is 0 Å². The molecule has 0 aliphatic rings. The van der Waals surface area contributed by atoms with E-state index in [0.29, 0.717) is 18.2 Å². The summed E-state index contributed by atoms with van der Waals surface area (Å²) >= 11 is 0. The zero-order chi connectivity index (χ0) is 18.3. The normalized spacial score (nSPS) is 13.1. The number of alkyl halides is 6. The molecule has 0 atom stereocenters. The molecule has 0 spiro atoms. The van der Waals surface area contributed by atoms with Crippen molar-refractivity contribution in [3.8, 4) is 11.5 Å². The van der Waals surface area contributed by atoms with Crippen LogP contribution in [0, 0.1) is 6.92 Å². The van der Waals surface area contributed by atoms with E-state index in [1.54, 1.807) is 0 Å². The Balaban J connectivity index is 2.94. The first-order valence-corrected chi connectivity index (χ1v) is 6.64. The van der Waals surface area contributed by atoms with Crippen molar-refractivity contribution in [3.63, 3.8) is 0 Å². The van der Waals surface area contributed by atoms with Crippen molar-refractivity contribution in [2.75, 3.05) is 0 Å². The Hall–Kier alpha value is -2.38. The molecule has 130 valence electrons. The van der Waals surface area contributed by atoms with E-state index in [4.69, 9.17) is 0 Å². The summed E-state index contributed by atoms with van der Waals surface area (Å²) in [6.45, 7) is 1.06. The van der Waals surface area contributed by atoms with Crippen LogP contribution in [0.1, 0.15) is 16.7 Å². The fourth-order valence-corrected chi connectivity index (χ4v) is 2.73. The van der Waals surface area contributed by atoms with Gasteiger partial charge in [0, 0.05) is 0 Å². The monoisotopic (exact) mass is 350 g/mol.